The first kappa shape index (κ1) is 27.3. The highest BCUT2D eigenvalue weighted by Gasteiger charge is 2.35. The van der Waals surface area contributed by atoms with Gasteiger partial charge in [-0.1, -0.05) is 24.3 Å². The maximum Gasteiger partial charge on any atom is 0.421 e. The first-order chi connectivity index (χ1) is 17.3. The van der Waals surface area contributed by atoms with Gasteiger partial charge in [-0.15, -0.1) is 0 Å². The lowest BCUT2D eigenvalue weighted by Crippen LogP contribution is -2.20. The third kappa shape index (κ3) is 7.13. The fourth-order valence-corrected chi connectivity index (χ4v) is 4.07. The molecule has 12 heteroatoms. The Morgan fingerprint density at radius 2 is 1.78 bits per heavy atom. The van der Waals surface area contributed by atoms with Gasteiger partial charge in [-0.25, -0.2) is 4.98 Å². The third-order valence-corrected chi connectivity index (χ3v) is 6.05. The zero-order valence-electron chi connectivity index (χ0n) is 19.9. The Hall–Kier alpha value is -3.27. The summed E-state index contributed by atoms with van der Waals surface area (Å²) in [4.78, 5) is 20.0. The van der Waals surface area contributed by atoms with E-state index in [0.29, 0.717) is 25.1 Å². The maximum absolute atomic E-state index is 13.7. The van der Waals surface area contributed by atoms with Crippen molar-refractivity contribution in [2.75, 3.05) is 30.9 Å². The van der Waals surface area contributed by atoms with Crippen LogP contribution in [0.4, 0.5) is 36.3 Å². The molecule has 36 heavy (non-hydrogen) atoms. The molecule has 0 aliphatic heterocycles. The minimum Gasteiger partial charge on any atom is -0.367 e. The summed E-state index contributed by atoms with van der Waals surface area (Å²) in [5.74, 6) is -1.19. The minimum absolute atomic E-state index is 0.0479. The van der Waals surface area contributed by atoms with Crippen molar-refractivity contribution in [1.82, 2.24) is 15.3 Å². The number of amides is 1. The van der Waals surface area contributed by atoms with Gasteiger partial charge in [0.15, 0.2) is 0 Å². The number of nitrogens with zero attached hydrogens (tertiary/aromatic N) is 2. The summed E-state index contributed by atoms with van der Waals surface area (Å²) in [6.45, 7) is 4.92. The van der Waals surface area contributed by atoms with Crippen LogP contribution in [0.15, 0.2) is 54.7 Å². The number of carbonyl (C=O) groups excluding carboxylic acids is 1. The smallest absolute Gasteiger partial charge is 0.367 e. The summed E-state index contributed by atoms with van der Waals surface area (Å²) >= 11 is 0. The second kappa shape index (κ2) is 12.6. The van der Waals surface area contributed by atoms with Gasteiger partial charge in [-0.05, 0) is 43.7 Å². The van der Waals surface area contributed by atoms with Crippen LogP contribution in [0.25, 0.3) is 0 Å². The lowest BCUT2D eigenvalue weighted by Gasteiger charge is -2.18. The highest BCUT2D eigenvalue weighted by molar-refractivity contribution is 7.32. The third-order valence-electron chi connectivity index (χ3n) is 4.88. The van der Waals surface area contributed by atoms with Gasteiger partial charge in [0.1, 0.15) is 17.2 Å². The van der Waals surface area contributed by atoms with E-state index in [4.69, 9.17) is 9.26 Å². The molecule has 3 N–H and O–H groups in total. The monoisotopic (exact) mass is 521 g/mol. The van der Waals surface area contributed by atoms with Crippen molar-refractivity contribution in [3.63, 3.8) is 0 Å². The molecule has 0 saturated carbocycles. The normalized spacial score (nSPS) is 12.5. The number of aromatic nitrogens is 2. The average molecular weight is 521 g/mol. The predicted octanol–water partition coefficient (Wildman–Crippen LogP) is 6.01. The molecule has 3 rings (SSSR count). The number of halogens is 3. The van der Waals surface area contributed by atoms with Crippen LogP contribution < -0.4 is 16.0 Å². The average Bonchev–Trinajstić information content (AvgIpc) is 2.86. The first-order valence-corrected chi connectivity index (χ1v) is 12.1. The lowest BCUT2D eigenvalue weighted by atomic mass is 10.1. The van der Waals surface area contributed by atoms with Gasteiger partial charge in [0, 0.05) is 41.0 Å². The summed E-state index contributed by atoms with van der Waals surface area (Å²) in [7, 11) is 1.58. The Morgan fingerprint density at radius 3 is 2.42 bits per heavy atom. The number of anilines is 4. The highest BCUT2D eigenvalue weighted by Crippen LogP contribution is 2.38. The van der Waals surface area contributed by atoms with Gasteiger partial charge >= 0.3 is 6.18 Å². The van der Waals surface area contributed by atoms with Crippen LogP contribution in [0.1, 0.15) is 41.2 Å². The molecule has 0 spiro atoms. The van der Waals surface area contributed by atoms with Crippen LogP contribution in [0, 0.1) is 0 Å². The van der Waals surface area contributed by atoms with Crippen LogP contribution in [0.5, 0.6) is 0 Å². The van der Waals surface area contributed by atoms with Crippen molar-refractivity contribution in [3.05, 3.63) is 71.4 Å². The molecular formula is C24H27F3N5O3P. The second-order valence-corrected chi connectivity index (χ2v) is 8.39. The van der Waals surface area contributed by atoms with Crippen LogP contribution in [0.3, 0.4) is 0 Å². The first-order valence-electron chi connectivity index (χ1n) is 11.1. The van der Waals surface area contributed by atoms with E-state index in [2.05, 4.69) is 25.9 Å². The maximum atomic E-state index is 13.7. The standard InChI is InChI=1S/C24H27F3N5O3P/c1-4-34-22(36-35-5-2)15-10-12-16(13-11-15)30-23-29-14-18(24(25,26)27)20(32-23)31-19-9-7-6-8-17(19)21(33)28-3/h6-14,22,36H,4-5H2,1-3H3,(H,28,33)(H2,29,30,31,32). The molecule has 1 aromatic heterocycles. The Kier molecular flexibility index (Phi) is 9.58. The summed E-state index contributed by atoms with van der Waals surface area (Å²) in [5, 5.41) is 8.03. The Labute approximate surface area is 208 Å². The molecule has 0 fully saturated rings. The van der Waals surface area contributed by atoms with Gasteiger partial charge in [0.25, 0.3) is 5.91 Å². The number of nitrogens with one attached hydrogen (secondary N) is 3. The molecule has 0 aliphatic carbocycles. The van der Waals surface area contributed by atoms with Crippen molar-refractivity contribution < 1.29 is 27.2 Å². The molecule has 1 heterocycles. The van der Waals surface area contributed by atoms with Gasteiger partial charge in [-0.2, -0.15) is 18.2 Å². The quantitative estimate of drug-likeness (QED) is 0.266. The van der Waals surface area contributed by atoms with Crippen LogP contribution >= 0.6 is 8.81 Å². The van der Waals surface area contributed by atoms with E-state index in [0.717, 1.165) is 5.56 Å². The van der Waals surface area contributed by atoms with Gasteiger partial charge in [0.05, 0.1) is 11.3 Å². The molecule has 2 atom stereocenters. The number of carbonyl (C=O) groups is 1. The van der Waals surface area contributed by atoms with E-state index in [1.807, 2.05) is 26.0 Å². The van der Waals surface area contributed by atoms with E-state index in [1.54, 1.807) is 24.3 Å². The summed E-state index contributed by atoms with van der Waals surface area (Å²) in [6.07, 6.45) is -4.01. The molecule has 0 aliphatic rings. The second-order valence-electron chi connectivity index (χ2n) is 7.34. The van der Waals surface area contributed by atoms with Crippen molar-refractivity contribution >= 4 is 37.9 Å². The van der Waals surface area contributed by atoms with E-state index >= 15 is 0 Å². The van der Waals surface area contributed by atoms with E-state index in [1.165, 1.54) is 19.2 Å². The number of hydrogen-bond donors (Lipinski definition) is 3. The number of rotatable bonds is 11. The number of alkyl halides is 3. The fraction of sp³-hybridized carbons (Fsp3) is 0.292. The van der Waals surface area contributed by atoms with Crippen LogP contribution in [-0.2, 0) is 15.4 Å². The number of para-hydroxylation sites is 1. The molecule has 2 unspecified atom stereocenters. The van der Waals surface area contributed by atoms with Gasteiger partial charge in [0.2, 0.25) is 5.95 Å². The molecule has 3 aromatic rings. The van der Waals surface area contributed by atoms with Crippen molar-refractivity contribution in [1.29, 1.82) is 0 Å². The summed E-state index contributed by atoms with van der Waals surface area (Å²) in [5.41, 5.74) is 0.773. The highest BCUT2D eigenvalue weighted by atomic mass is 31.1. The molecule has 0 saturated heterocycles. The number of benzene rings is 2. The zero-order valence-corrected chi connectivity index (χ0v) is 20.9. The van der Waals surface area contributed by atoms with Crippen molar-refractivity contribution in [2.45, 2.75) is 25.9 Å². The molecular weight excluding hydrogens is 494 g/mol. The molecule has 1 amide bonds. The molecule has 0 bridgehead atoms. The van der Waals surface area contributed by atoms with E-state index < -0.39 is 23.5 Å². The van der Waals surface area contributed by atoms with Crippen LogP contribution in [0.2, 0.25) is 0 Å². The van der Waals surface area contributed by atoms with Crippen LogP contribution in [-0.4, -0.2) is 36.1 Å². The SMILES string of the molecule is CCOPC(OCC)c1ccc(Nc2ncc(C(F)(F)F)c(Nc3ccccc3C(=O)NC)n2)cc1. The topological polar surface area (TPSA) is 97.4 Å². The zero-order chi connectivity index (χ0) is 26.1. The Balaban J connectivity index is 1.87. The summed E-state index contributed by atoms with van der Waals surface area (Å²) in [6, 6.07) is 13.4. The van der Waals surface area contributed by atoms with Gasteiger partial charge in [-0.3, -0.25) is 4.79 Å². The summed E-state index contributed by atoms with van der Waals surface area (Å²) < 4.78 is 52.2. The largest absolute Gasteiger partial charge is 0.421 e. The predicted molar refractivity (Wildman–Crippen MR) is 134 cm³/mol. The Morgan fingerprint density at radius 1 is 1.06 bits per heavy atom. The Bertz CT molecular complexity index is 1160. The number of hydrogen-bond acceptors (Lipinski definition) is 7. The van der Waals surface area contributed by atoms with E-state index in [-0.39, 0.29) is 31.9 Å². The molecule has 2 aromatic carbocycles. The van der Waals surface area contributed by atoms with E-state index in [9.17, 15) is 18.0 Å². The van der Waals surface area contributed by atoms with Crippen molar-refractivity contribution in [2.24, 2.45) is 0 Å². The minimum atomic E-state index is -4.71. The molecule has 0 radical (unpaired) electrons. The van der Waals surface area contributed by atoms with Crippen molar-refractivity contribution in [3.8, 4) is 0 Å². The number of ether oxygens (including phenoxy) is 1. The van der Waals surface area contributed by atoms with Gasteiger partial charge < -0.3 is 25.2 Å². The molecule has 192 valence electrons. The molecule has 8 nitrogen and oxygen atoms in total. The fourth-order valence-electron chi connectivity index (χ4n) is 3.19. The lowest BCUT2D eigenvalue weighted by molar-refractivity contribution is -0.137.